The molecule has 0 radical (unpaired) electrons. The molecule has 100 valence electrons. The maximum atomic E-state index is 11.9. The molecule has 0 amide bonds. The molecule has 17 heavy (non-hydrogen) atoms. The van der Waals surface area contributed by atoms with Crippen molar-refractivity contribution in [1.82, 2.24) is 0 Å². The minimum atomic E-state index is -0.669. The first-order valence-corrected chi connectivity index (χ1v) is 6.13. The highest BCUT2D eigenvalue weighted by Gasteiger charge is 2.30. The Morgan fingerprint density at radius 2 is 1.76 bits per heavy atom. The summed E-state index contributed by atoms with van der Waals surface area (Å²) in [5.74, 6) is -0.938. The Hall–Kier alpha value is -0.900. The van der Waals surface area contributed by atoms with E-state index in [2.05, 4.69) is 0 Å². The summed E-state index contributed by atoms with van der Waals surface area (Å²) in [5.41, 5.74) is 4.79. The first-order chi connectivity index (χ1) is 7.67. The molecule has 0 aromatic carbocycles. The lowest BCUT2D eigenvalue weighted by atomic mass is 9.91. The molecule has 1 unspecified atom stereocenters. The molecule has 0 spiro atoms. The van der Waals surface area contributed by atoms with Crippen molar-refractivity contribution in [1.29, 1.82) is 0 Å². The van der Waals surface area contributed by atoms with Crippen molar-refractivity contribution in [2.45, 2.75) is 53.1 Å². The maximum absolute atomic E-state index is 11.9. The van der Waals surface area contributed by atoms with E-state index in [-0.39, 0.29) is 24.7 Å². The molecule has 0 heterocycles. The van der Waals surface area contributed by atoms with Crippen LogP contribution in [0.15, 0.2) is 0 Å². The summed E-state index contributed by atoms with van der Waals surface area (Å²) in [6.07, 6.45) is 0.754. The van der Waals surface area contributed by atoms with Gasteiger partial charge in [-0.3, -0.25) is 9.59 Å². The van der Waals surface area contributed by atoms with Gasteiger partial charge in [0.05, 0.1) is 0 Å². The van der Waals surface area contributed by atoms with Crippen LogP contribution in [0.25, 0.3) is 0 Å². The monoisotopic (exact) mass is 243 g/mol. The summed E-state index contributed by atoms with van der Waals surface area (Å²) in [6.45, 7) is 9.62. The van der Waals surface area contributed by atoms with Gasteiger partial charge in [-0.25, -0.2) is 0 Å². The molecule has 4 nitrogen and oxygen atoms in total. The molecule has 0 saturated heterocycles. The number of carbonyl (C=O) groups is 2. The van der Waals surface area contributed by atoms with Gasteiger partial charge in [0.25, 0.3) is 0 Å². The van der Waals surface area contributed by atoms with Crippen LogP contribution in [-0.4, -0.2) is 23.9 Å². The molecule has 0 aliphatic carbocycles. The van der Waals surface area contributed by atoms with Crippen LogP contribution in [0.1, 0.15) is 47.5 Å². The highest BCUT2D eigenvalue weighted by atomic mass is 16.6. The zero-order valence-corrected chi connectivity index (χ0v) is 11.6. The van der Waals surface area contributed by atoms with Crippen molar-refractivity contribution in [3.63, 3.8) is 0 Å². The molecular formula is C13H25NO3. The van der Waals surface area contributed by atoms with Gasteiger partial charge in [0, 0.05) is 6.42 Å². The summed E-state index contributed by atoms with van der Waals surface area (Å²) >= 11 is 0. The van der Waals surface area contributed by atoms with Crippen LogP contribution in [0.3, 0.4) is 0 Å². The van der Waals surface area contributed by atoms with E-state index >= 15 is 0 Å². The Bertz CT molecular complexity index is 266. The van der Waals surface area contributed by atoms with E-state index in [0.717, 1.165) is 0 Å². The van der Waals surface area contributed by atoms with Crippen molar-refractivity contribution in [3.8, 4) is 0 Å². The predicted octanol–water partition coefficient (Wildman–Crippen LogP) is 1.91. The van der Waals surface area contributed by atoms with Crippen LogP contribution < -0.4 is 5.73 Å². The van der Waals surface area contributed by atoms with Gasteiger partial charge in [-0.05, 0) is 39.7 Å². The fraction of sp³-hybridized carbons (Fsp3) is 0.846. The van der Waals surface area contributed by atoms with E-state index in [9.17, 15) is 9.59 Å². The molecule has 4 heteroatoms. The van der Waals surface area contributed by atoms with Crippen molar-refractivity contribution in [2.24, 2.45) is 17.6 Å². The van der Waals surface area contributed by atoms with Crippen LogP contribution in [-0.2, 0) is 14.3 Å². The van der Waals surface area contributed by atoms with Gasteiger partial charge in [0.15, 0.2) is 0 Å². The number of esters is 1. The minimum Gasteiger partial charge on any atom is -0.459 e. The number of hydrogen-bond acceptors (Lipinski definition) is 4. The van der Waals surface area contributed by atoms with E-state index in [1.165, 1.54) is 0 Å². The standard InChI is InChI=1S/C13H25NO3/c1-9(2)8-10(11(15)6-7-14)12(16)17-13(3,4)5/h9-10H,6-8,14H2,1-5H3. The molecular weight excluding hydrogens is 218 g/mol. The van der Waals surface area contributed by atoms with Crippen molar-refractivity contribution < 1.29 is 14.3 Å². The fourth-order valence-electron chi connectivity index (χ4n) is 1.52. The summed E-state index contributed by atoms with van der Waals surface area (Å²) in [6, 6.07) is 0. The number of Topliss-reactive ketones (excluding diaryl/α,β-unsaturated/α-hetero) is 1. The normalized spacial score (nSPS) is 13.6. The zero-order valence-electron chi connectivity index (χ0n) is 11.6. The van der Waals surface area contributed by atoms with E-state index in [1.54, 1.807) is 20.8 Å². The van der Waals surface area contributed by atoms with Crippen LogP contribution >= 0.6 is 0 Å². The molecule has 0 bridgehead atoms. The second-order valence-electron chi connectivity index (χ2n) is 5.72. The van der Waals surface area contributed by atoms with Gasteiger partial charge >= 0.3 is 5.97 Å². The zero-order chi connectivity index (χ0) is 13.6. The Morgan fingerprint density at radius 1 is 1.24 bits per heavy atom. The van der Waals surface area contributed by atoms with Crippen molar-refractivity contribution in [3.05, 3.63) is 0 Å². The second kappa shape index (κ2) is 6.74. The lowest BCUT2D eigenvalue weighted by molar-refractivity contribution is -0.162. The average Bonchev–Trinajstić information content (AvgIpc) is 2.11. The topological polar surface area (TPSA) is 69.4 Å². The third kappa shape index (κ3) is 7.10. The number of hydrogen-bond donors (Lipinski definition) is 1. The van der Waals surface area contributed by atoms with E-state index in [0.29, 0.717) is 6.42 Å². The Balaban J connectivity index is 4.67. The Morgan fingerprint density at radius 3 is 2.12 bits per heavy atom. The van der Waals surface area contributed by atoms with Gasteiger partial charge in [0.1, 0.15) is 17.3 Å². The van der Waals surface area contributed by atoms with E-state index in [4.69, 9.17) is 10.5 Å². The molecule has 0 saturated carbocycles. The first-order valence-electron chi connectivity index (χ1n) is 6.13. The number of carbonyl (C=O) groups excluding carboxylic acids is 2. The van der Waals surface area contributed by atoms with Crippen LogP contribution in [0, 0.1) is 11.8 Å². The van der Waals surface area contributed by atoms with Crippen molar-refractivity contribution >= 4 is 11.8 Å². The molecule has 0 aromatic heterocycles. The Kier molecular flexibility index (Phi) is 6.39. The molecule has 0 aliphatic heterocycles. The summed E-state index contributed by atoms with van der Waals surface area (Å²) < 4.78 is 5.27. The maximum Gasteiger partial charge on any atom is 0.317 e. The quantitative estimate of drug-likeness (QED) is 0.571. The molecule has 0 rings (SSSR count). The molecule has 1 atom stereocenters. The van der Waals surface area contributed by atoms with Crippen molar-refractivity contribution in [2.75, 3.05) is 6.54 Å². The van der Waals surface area contributed by atoms with E-state index < -0.39 is 17.5 Å². The van der Waals surface area contributed by atoms with Gasteiger partial charge < -0.3 is 10.5 Å². The molecule has 0 aliphatic rings. The fourth-order valence-corrected chi connectivity index (χ4v) is 1.52. The highest BCUT2D eigenvalue weighted by molar-refractivity contribution is 5.99. The van der Waals surface area contributed by atoms with Gasteiger partial charge in [-0.15, -0.1) is 0 Å². The SMILES string of the molecule is CC(C)CC(C(=O)CCN)C(=O)OC(C)(C)C. The van der Waals surface area contributed by atoms with Gasteiger partial charge in [-0.1, -0.05) is 13.8 Å². The number of ketones is 1. The number of nitrogens with two attached hydrogens (primary N) is 1. The average molecular weight is 243 g/mol. The minimum absolute atomic E-state index is 0.115. The molecule has 2 N–H and O–H groups in total. The third-order valence-corrected chi connectivity index (χ3v) is 2.18. The summed E-state index contributed by atoms with van der Waals surface area (Å²) in [5, 5.41) is 0. The highest BCUT2D eigenvalue weighted by Crippen LogP contribution is 2.19. The van der Waals surface area contributed by atoms with Gasteiger partial charge in [-0.2, -0.15) is 0 Å². The second-order valence-corrected chi connectivity index (χ2v) is 5.72. The lowest BCUT2D eigenvalue weighted by Gasteiger charge is -2.24. The van der Waals surface area contributed by atoms with Crippen LogP contribution in [0.5, 0.6) is 0 Å². The number of ether oxygens (including phenoxy) is 1. The molecule has 0 aromatic rings. The third-order valence-electron chi connectivity index (χ3n) is 2.18. The Labute approximate surface area is 104 Å². The first kappa shape index (κ1) is 16.1. The van der Waals surface area contributed by atoms with Crippen LogP contribution in [0.2, 0.25) is 0 Å². The summed E-state index contributed by atoms with van der Waals surface area (Å²) in [7, 11) is 0. The largest absolute Gasteiger partial charge is 0.459 e. The lowest BCUT2D eigenvalue weighted by Crippen LogP contribution is -2.34. The number of rotatable bonds is 6. The predicted molar refractivity (Wildman–Crippen MR) is 67.5 cm³/mol. The van der Waals surface area contributed by atoms with Gasteiger partial charge in [0.2, 0.25) is 0 Å². The van der Waals surface area contributed by atoms with Crippen LogP contribution in [0.4, 0.5) is 0 Å². The van der Waals surface area contributed by atoms with E-state index in [1.807, 2.05) is 13.8 Å². The molecule has 0 fully saturated rings. The smallest absolute Gasteiger partial charge is 0.317 e. The summed E-state index contributed by atoms with van der Waals surface area (Å²) in [4.78, 5) is 23.8.